The standard InChI is InChI=1S/C22H25Cl2N3O2/c1-15(21(28)26-20-12-18(23)11-19(24)13-20)27-9-7-17(8-10-27)22(29)25-14-16-5-3-2-4-6-16/h2-6,11-13,15,17H,7-10,14H2,1H3,(H,25,29)(H,26,28)/t15-/m0/s1. The predicted molar refractivity (Wildman–Crippen MR) is 117 cm³/mol. The first-order chi connectivity index (χ1) is 13.9. The minimum atomic E-state index is -0.305. The topological polar surface area (TPSA) is 61.4 Å². The van der Waals surface area contributed by atoms with Gasteiger partial charge in [0.1, 0.15) is 0 Å². The van der Waals surface area contributed by atoms with Gasteiger partial charge in [0.25, 0.3) is 0 Å². The van der Waals surface area contributed by atoms with Crippen molar-refractivity contribution in [3.63, 3.8) is 0 Å². The monoisotopic (exact) mass is 433 g/mol. The van der Waals surface area contributed by atoms with Gasteiger partial charge in [0.05, 0.1) is 6.04 Å². The van der Waals surface area contributed by atoms with E-state index in [0.717, 1.165) is 18.4 Å². The van der Waals surface area contributed by atoms with Gasteiger partial charge in [-0.1, -0.05) is 53.5 Å². The fourth-order valence-corrected chi connectivity index (χ4v) is 4.04. The number of hydrogen-bond acceptors (Lipinski definition) is 3. The van der Waals surface area contributed by atoms with Gasteiger partial charge in [-0.2, -0.15) is 0 Å². The molecule has 7 heteroatoms. The maximum absolute atomic E-state index is 12.6. The highest BCUT2D eigenvalue weighted by atomic mass is 35.5. The summed E-state index contributed by atoms with van der Waals surface area (Å²) in [7, 11) is 0. The maximum Gasteiger partial charge on any atom is 0.241 e. The Morgan fingerprint density at radius 1 is 1.07 bits per heavy atom. The number of nitrogens with one attached hydrogen (secondary N) is 2. The SMILES string of the molecule is C[C@@H](C(=O)Nc1cc(Cl)cc(Cl)c1)N1CCC(C(=O)NCc2ccccc2)CC1. The molecule has 1 aliphatic rings. The van der Waals surface area contributed by atoms with Crippen molar-refractivity contribution in [2.24, 2.45) is 5.92 Å². The first-order valence-electron chi connectivity index (χ1n) is 9.75. The van der Waals surface area contributed by atoms with Gasteiger partial charge in [0.2, 0.25) is 11.8 Å². The number of amides is 2. The van der Waals surface area contributed by atoms with E-state index < -0.39 is 0 Å². The Morgan fingerprint density at radius 3 is 2.31 bits per heavy atom. The van der Waals surface area contributed by atoms with Gasteiger partial charge in [0, 0.05) is 28.2 Å². The number of benzene rings is 2. The van der Waals surface area contributed by atoms with Crippen LogP contribution >= 0.6 is 23.2 Å². The van der Waals surface area contributed by atoms with Crippen LogP contribution in [0.2, 0.25) is 10.0 Å². The highest BCUT2D eigenvalue weighted by Gasteiger charge is 2.29. The first kappa shape index (κ1) is 21.6. The number of anilines is 1. The lowest BCUT2D eigenvalue weighted by Gasteiger charge is -2.34. The van der Waals surface area contributed by atoms with Crippen molar-refractivity contribution in [1.29, 1.82) is 0 Å². The molecule has 0 radical (unpaired) electrons. The highest BCUT2D eigenvalue weighted by molar-refractivity contribution is 6.35. The Bertz CT molecular complexity index is 832. The fraction of sp³-hybridized carbons (Fsp3) is 0.364. The van der Waals surface area contributed by atoms with Gasteiger partial charge in [0.15, 0.2) is 0 Å². The summed E-state index contributed by atoms with van der Waals surface area (Å²) in [6, 6.07) is 14.5. The van der Waals surface area contributed by atoms with Crippen LogP contribution in [-0.4, -0.2) is 35.8 Å². The van der Waals surface area contributed by atoms with Crippen molar-refractivity contribution in [1.82, 2.24) is 10.2 Å². The molecule has 1 fully saturated rings. The van der Waals surface area contributed by atoms with Gasteiger partial charge in [-0.05, 0) is 56.6 Å². The molecule has 29 heavy (non-hydrogen) atoms. The number of likely N-dealkylation sites (tertiary alicyclic amines) is 1. The van der Waals surface area contributed by atoms with E-state index in [1.807, 2.05) is 37.3 Å². The smallest absolute Gasteiger partial charge is 0.241 e. The van der Waals surface area contributed by atoms with Crippen LogP contribution < -0.4 is 10.6 Å². The molecule has 154 valence electrons. The molecule has 0 unspecified atom stereocenters. The van der Waals surface area contributed by atoms with E-state index in [-0.39, 0.29) is 23.8 Å². The Kier molecular flexibility index (Phi) is 7.53. The van der Waals surface area contributed by atoms with Crippen molar-refractivity contribution in [2.75, 3.05) is 18.4 Å². The molecule has 2 aromatic rings. The average molecular weight is 434 g/mol. The van der Waals surface area contributed by atoms with E-state index in [4.69, 9.17) is 23.2 Å². The van der Waals surface area contributed by atoms with E-state index >= 15 is 0 Å². The van der Waals surface area contributed by atoms with Gasteiger partial charge < -0.3 is 10.6 Å². The van der Waals surface area contributed by atoms with Gasteiger partial charge >= 0.3 is 0 Å². The molecule has 0 aliphatic carbocycles. The predicted octanol–water partition coefficient (Wildman–Crippen LogP) is 4.35. The molecule has 0 spiro atoms. The molecule has 1 heterocycles. The van der Waals surface area contributed by atoms with Gasteiger partial charge in [-0.25, -0.2) is 0 Å². The summed E-state index contributed by atoms with van der Waals surface area (Å²) in [6.07, 6.45) is 1.47. The molecule has 1 atom stereocenters. The van der Waals surface area contributed by atoms with Crippen LogP contribution in [0, 0.1) is 5.92 Å². The second kappa shape index (κ2) is 10.1. The van der Waals surface area contributed by atoms with E-state index in [1.54, 1.807) is 18.2 Å². The Hall–Kier alpha value is -2.08. The first-order valence-corrected chi connectivity index (χ1v) is 10.5. The second-order valence-electron chi connectivity index (χ2n) is 7.34. The average Bonchev–Trinajstić information content (AvgIpc) is 2.71. The molecule has 2 N–H and O–H groups in total. The van der Waals surface area contributed by atoms with E-state index in [9.17, 15) is 9.59 Å². The number of halogens is 2. The Labute approximate surface area is 181 Å². The van der Waals surface area contributed by atoms with Crippen LogP contribution in [0.1, 0.15) is 25.3 Å². The summed E-state index contributed by atoms with van der Waals surface area (Å²) in [5.74, 6) is -0.0496. The maximum atomic E-state index is 12.6. The van der Waals surface area contributed by atoms with E-state index in [0.29, 0.717) is 35.4 Å². The summed E-state index contributed by atoms with van der Waals surface area (Å²) in [5, 5.41) is 6.83. The zero-order valence-electron chi connectivity index (χ0n) is 16.3. The lowest BCUT2D eigenvalue weighted by molar-refractivity contribution is -0.127. The molecule has 0 bridgehead atoms. The third kappa shape index (κ3) is 6.20. The minimum absolute atomic E-state index is 0.0167. The molecule has 1 saturated heterocycles. The van der Waals surface area contributed by atoms with Gasteiger partial charge in [-0.3, -0.25) is 14.5 Å². The zero-order chi connectivity index (χ0) is 20.8. The summed E-state index contributed by atoms with van der Waals surface area (Å²) in [4.78, 5) is 27.1. The lowest BCUT2D eigenvalue weighted by Crippen LogP contribution is -2.48. The van der Waals surface area contributed by atoms with Crippen LogP contribution in [0.15, 0.2) is 48.5 Å². The molecule has 3 rings (SSSR count). The van der Waals surface area contributed by atoms with Crippen LogP contribution in [-0.2, 0) is 16.1 Å². The van der Waals surface area contributed by atoms with E-state index in [2.05, 4.69) is 15.5 Å². The summed E-state index contributed by atoms with van der Waals surface area (Å²) < 4.78 is 0. The number of carbonyl (C=O) groups excluding carboxylic acids is 2. The highest BCUT2D eigenvalue weighted by Crippen LogP contribution is 2.24. The van der Waals surface area contributed by atoms with Gasteiger partial charge in [-0.15, -0.1) is 0 Å². The molecular formula is C22H25Cl2N3O2. The minimum Gasteiger partial charge on any atom is -0.352 e. The second-order valence-corrected chi connectivity index (χ2v) is 8.21. The van der Waals surface area contributed by atoms with Crippen LogP contribution in [0.5, 0.6) is 0 Å². The molecule has 2 aromatic carbocycles. The number of nitrogens with zero attached hydrogens (tertiary/aromatic N) is 1. The molecule has 5 nitrogen and oxygen atoms in total. The number of carbonyl (C=O) groups is 2. The molecular weight excluding hydrogens is 409 g/mol. The van der Waals surface area contributed by atoms with Crippen molar-refractivity contribution in [2.45, 2.75) is 32.4 Å². The van der Waals surface area contributed by atoms with Crippen molar-refractivity contribution in [3.8, 4) is 0 Å². The molecule has 1 aliphatic heterocycles. The van der Waals surface area contributed by atoms with Crippen molar-refractivity contribution in [3.05, 3.63) is 64.1 Å². The normalized spacial score (nSPS) is 16.2. The number of hydrogen-bond donors (Lipinski definition) is 2. The van der Waals surface area contributed by atoms with Crippen molar-refractivity contribution < 1.29 is 9.59 Å². The molecule has 0 aromatic heterocycles. The Morgan fingerprint density at radius 2 is 1.69 bits per heavy atom. The van der Waals surface area contributed by atoms with E-state index in [1.165, 1.54) is 0 Å². The zero-order valence-corrected chi connectivity index (χ0v) is 17.8. The molecule has 0 saturated carbocycles. The third-order valence-corrected chi connectivity index (χ3v) is 5.70. The summed E-state index contributed by atoms with van der Waals surface area (Å²) >= 11 is 12.0. The number of rotatable bonds is 6. The lowest BCUT2D eigenvalue weighted by atomic mass is 9.94. The van der Waals surface area contributed by atoms with Crippen LogP contribution in [0.25, 0.3) is 0 Å². The third-order valence-electron chi connectivity index (χ3n) is 5.27. The summed E-state index contributed by atoms with van der Waals surface area (Å²) in [6.45, 7) is 3.82. The van der Waals surface area contributed by atoms with Crippen LogP contribution in [0.4, 0.5) is 5.69 Å². The van der Waals surface area contributed by atoms with Crippen LogP contribution in [0.3, 0.4) is 0 Å². The molecule has 2 amide bonds. The Balaban J connectivity index is 1.46. The summed E-state index contributed by atoms with van der Waals surface area (Å²) in [5.41, 5.74) is 1.67. The largest absolute Gasteiger partial charge is 0.352 e. The number of piperidine rings is 1. The van der Waals surface area contributed by atoms with Crippen molar-refractivity contribution >= 4 is 40.7 Å². The fourth-order valence-electron chi connectivity index (χ4n) is 3.52. The quantitative estimate of drug-likeness (QED) is 0.711.